The van der Waals surface area contributed by atoms with Gasteiger partial charge in [0.2, 0.25) is 0 Å². The van der Waals surface area contributed by atoms with E-state index in [-0.39, 0.29) is 0 Å². The van der Waals surface area contributed by atoms with Crippen molar-refractivity contribution in [2.75, 3.05) is 0 Å². The molecule has 0 unspecified atom stereocenters. The van der Waals surface area contributed by atoms with Crippen molar-refractivity contribution in [1.82, 2.24) is 24.1 Å². The molecule has 0 spiro atoms. The molecule has 3 heterocycles. The normalized spacial score (nSPS) is 11.5. The molecule has 62 heavy (non-hydrogen) atoms. The number of hydrogen-bond donors (Lipinski definition) is 0. The second-order valence-electron chi connectivity index (χ2n) is 15.6. The third-order valence-corrected chi connectivity index (χ3v) is 12.0. The Kier molecular flexibility index (Phi) is 8.42. The maximum Gasteiger partial charge on any atom is 0.164 e. The summed E-state index contributed by atoms with van der Waals surface area (Å²) in [5, 5.41) is 4.58. The summed E-state index contributed by atoms with van der Waals surface area (Å²) in [6.45, 7) is 0. The number of nitrogens with zero attached hydrogens (tertiary/aromatic N) is 5. The van der Waals surface area contributed by atoms with Gasteiger partial charge in [0, 0.05) is 49.6 Å². The van der Waals surface area contributed by atoms with E-state index in [1.54, 1.807) is 0 Å². The van der Waals surface area contributed by atoms with Gasteiger partial charge in [0.05, 0.1) is 22.1 Å². The Balaban J connectivity index is 1.15. The molecule has 5 nitrogen and oxygen atoms in total. The van der Waals surface area contributed by atoms with Crippen LogP contribution in [0.15, 0.2) is 224 Å². The van der Waals surface area contributed by atoms with Gasteiger partial charge in [-0.25, -0.2) is 15.0 Å². The molecule has 0 amide bonds. The van der Waals surface area contributed by atoms with Crippen LogP contribution in [-0.2, 0) is 0 Å². The molecule has 0 N–H and O–H groups in total. The van der Waals surface area contributed by atoms with E-state index in [9.17, 15) is 0 Å². The summed E-state index contributed by atoms with van der Waals surface area (Å²) < 4.78 is 4.85. The Bertz CT molecular complexity index is 3520. The quantitative estimate of drug-likeness (QED) is 0.162. The van der Waals surface area contributed by atoms with E-state index in [1.807, 2.05) is 36.4 Å². The zero-order chi connectivity index (χ0) is 41.0. The van der Waals surface area contributed by atoms with E-state index in [2.05, 4.69) is 197 Å². The lowest BCUT2D eigenvalue weighted by Crippen LogP contribution is -2.00. The number of aromatic nitrogens is 5. The maximum atomic E-state index is 5.23. The summed E-state index contributed by atoms with van der Waals surface area (Å²) in [7, 11) is 0. The topological polar surface area (TPSA) is 48.5 Å². The number of rotatable bonds is 7. The Hall–Kier alpha value is -8.41. The zero-order valence-electron chi connectivity index (χ0n) is 33.6. The van der Waals surface area contributed by atoms with Gasteiger partial charge in [-0.3, -0.25) is 0 Å². The highest BCUT2D eigenvalue weighted by Crippen LogP contribution is 2.45. The highest BCUT2D eigenvalue weighted by molar-refractivity contribution is 6.28. The van der Waals surface area contributed by atoms with Gasteiger partial charge in [-0.2, -0.15) is 0 Å². The molecule has 0 fully saturated rings. The Morgan fingerprint density at radius 2 is 0.694 bits per heavy atom. The van der Waals surface area contributed by atoms with Gasteiger partial charge in [-0.15, -0.1) is 0 Å². The van der Waals surface area contributed by atoms with Gasteiger partial charge in [0.15, 0.2) is 17.5 Å². The fourth-order valence-corrected chi connectivity index (χ4v) is 9.13. The van der Waals surface area contributed by atoms with E-state index in [0.29, 0.717) is 17.5 Å². The van der Waals surface area contributed by atoms with E-state index >= 15 is 0 Å². The van der Waals surface area contributed by atoms with Crippen molar-refractivity contribution in [3.05, 3.63) is 224 Å². The van der Waals surface area contributed by atoms with Gasteiger partial charge in [-0.1, -0.05) is 182 Å². The van der Waals surface area contributed by atoms with Crippen LogP contribution in [0.4, 0.5) is 0 Å². The molecule has 9 aromatic carbocycles. The molecule has 0 aliphatic rings. The predicted molar refractivity (Wildman–Crippen MR) is 256 cm³/mol. The lowest BCUT2D eigenvalue weighted by Gasteiger charge is -2.12. The van der Waals surface area contributed by atoms with E-state index < -0.39 is 0 Å². The molecule has 0 saturated carbocycles. The highest BCUT2D eigenvalue weighted by Gasteiger charge is 2.24. The molecule has 0 aliphatic heterocycles. The minimum atomic E-state index is 0.628. The van der Waals surface area contributed by atoms with Crippen molar-refractivity contribution >= 4 is 43.6 Å². The fraction of sp³-hybridized carbons (Fsp3) is 0. The van der Waals surface area contributed by atoms with Crippen LogP contribution in [0.3, 0.4) is 0 Å². The van der Waals surface area contributed by atoms with Gasteiger partial charge >= 0.3 is 0 Å². The summed E-state index contributed by atoms with van der Waals surface area (Å²) in [5.41, 5.74) is 14.2. The first-order chi connectivity index (χ1) is 30.8. The number of hydrogen-bond acceptors (Lipinski definition) is 3. The maximum absolute atomic E-state index is 5.23. The van der Waals surface area contributed by atoms with Crippen molar-refractivity contribution in [2.45, 2.75) is 0 Å². The van der Waals surface area contributed by atoms with Crippen molar-refractivity contribution < 1.29 is 0 Å². The molecular formula is C57H37N5. The summed E-state index contributed by atoms with van der Waals surface area (Å²) >= 11 is 0. The Morgan fingerprint density at radius 3 is 1.26 bits per heavy atom. The highest BCUT2D eigenvalue weighted by atomic mass is 15.0. The molecule has 3 aromatic heterocycles. The third kappa shape index (κ3) is 5.90. The molecule has 0 radical (unpaired) electrons. The van der Waals surface area contributed by atoms with Crippen LogP contribution in [0.1, 0.15) is 0 Å². The van der Waals surface area contributed by atoms with Gasteiger partial charge in [0.1, 0.15) is 0 Å². The number of fused-ring (bicyclic) bond motifs is 7. The molecule has 12 rings (SSSR count). The van der Waals surface area contributed by atoms with Gasteiger partial charge < -0.3 is 9.13 Å². The Morgan fingerprint density at radius 1 is 0.258 bits per heavy atom. The zero-order valence-corrected chi connectivity index (χ0v) is 33.6. The van der Waals surface area contributed by atoms with Crippen LogP contribution >= 0.6 is 0 Å². The van der Waals surface area contributed by atoms with Crippen molar-refractivity contribution in [1.29, 1.82) is 0 Å². The van der Waals surface area contributed by atoms with Crippen LogP contribution in [0.25, 0.3) is 111 Å². The third-order valence-electron chi connectivity index (χ3n) is 12.0. The second kappa shape index (κ2) is 14.7. The smallest absolute Gasteiger partial charge is 0.164 e. The fourth-order valence-electron chi connectivity index (χ4n) is 9.13. The first-order valence-corrected chi connectivity index (χ1v) is 21.0. The van der Waals surface area contributed by atoms with Gasteiger partial charge in [-0.05, 0) is 64.7 Å². The van der Waals surface area contributed by atoms with Crippen molar-refractivity contribution in [2.24, 2.45) is 0 Å². The lowest BCUT2D eigenvalue weighted by atomic mass is 10.0. The first kappa shape index (κ1) is 35.5. The Labute approximate surface area is 358 Å². The molecule has 290 valence electrons. The van der Waals surface area contributed by atoms with Crippen LogP contribution in [0, 0.1) is 0 Å². The predicted octanol–water partition coefficient (Wildman–Crippen LogP) is 14.4. The minimum Gasteiger partial charge on any atom is -0.309 e. The summed E-state index contributed by atoms with van der Waals surface area (Å²) in [4.78, 5) is 15.5. The van der Waals surface area contributed by atoms with Gasteiger partial charge in [0.25, 0.3) is 0 Å². The average molecular weight is 792 g/mol. The monoisotopic (exact) mass is 791 g/mol. The second-order valence-corrected chi connectivity index (χ2v) is 15.6. The molecule has 0 aliphatic carbocycles. The van der Waals surface area contributed by atoms with Crippen LogP contribution in [0.5, 0.6) is 0 Å². The summed E-state index contributed by atoms with van der Waals surface area (Å²) in [5.74, 6) is 1.90. The lowest BCUT2D eigenvalue weighted by molar-refractivity contribution is 1.08. The van der Waals surface area contributed by atoms with E-state index in [1.165, 1.54) is 33.0 Å². The van der Waals surface area contributed by atoms with Crippen molar-refractivity contribution in [3.8, 4) is 67.8 Å². The molecular weight excluding hydrogens is 755 g/mol. The number of benzene rings is 9. The first-order valence-electron chi connectivity index (χ1n) is 21.0. The van der Waals surface area contributed by atoms with Crippen LogP contribution in [-0.4, -0.2) is 24.1 Å². The average Bonchev–Trinajstić information content (AvgIpc) is 3.88. The SMILES string of the molecule is c1ccc(-c2ccc(-n3c4ccccc4c4c3ccc3c5c(-c6nc(-c7ccccc7)nc(-c7ccccc7)n6)cccc5n(-c5ccc(-c6ccccc6)cc5)c34)cc2)cc1. The van der Waals surface area contributed by atoms with Crippen LogP contribution < -0.4 is 0 Å². The minimum absolute atomic E-state index is 0.628. The molecule has 0 bridgehead atoms. The summed E-state index contributed by atoms with van der Waals surface area (Å²) in [6, 6.07) is 79.3. The summed E-state index contributed by atoms with van der Waals surface area (Å²) in [6.07, 6.45) is 0. The van der Waals surface area contributed by atoms with Crippen molar-refractivity contribution in [3.63, 3.8) is 0 Å². The molecule has 0 atom stereocenters. The molecule has 12 aromatic rings. The van der Waals surface area contributed by atoms with E-state index in [4.69, 9.17) is 15.0 Å². The standard InChI is InChI=1S/C57H37N5/c1-5-16-38(17-6-1)40-28-32-44(33-29-40)61-49-26-14-13-24-46(49)53-51(61)37-36-47-52-48(57-59-55(42-20-9-3-10-21-42)58-56(60-57)43-22-11-4-12-23-43)25-15-27-50(52)62(54(47)53)45-34-30-41(31-35-45)39-18-7-2-8-19-39/h1-37H. The number of para-hydroxylation sites is 1. The molecule has 5 heteroatoms. The van der Waals surface area contributed by atoms with Crippen LogP contribution in [0.2, 0.25) is 0 Å². The molecule has 0 saturated heterocycles. The largest absolute Gasteiger partial charge is 0.309 e. The van der Waals surface area contributed by atoms with E-state index in [0.717, 1.165) is 60.9 Å².